The Morgan fingerprint density at radius 2 is 1.60 bits per heavy atom. The highest BCUT2D eigenvalue weighted by Gasteiger charge is 2.70. The van der Waals surface area contributed by atoms with Gasteiger partial charge in [0.25, 0.3) is 0 Å². The topological polar surface area (TPSA) is 87.7 Å². The summed E-state index contributed by atoms with van der Waals surface area (Å²) < 4.78 is 5.45. The van der Waals surface area contributed by atoms with Crippen LogP contribution in [0.2, 0.25) is 0 Å². The average molecular weight is 687 g/mol. The zero-order chi connectivity index (χ0) is 36.5. The van der Waals surface area contributed by atoms with Crippen molar-refractivity contribution in [1.82, 2.24) is 10.6 Å². The van der Waals surface area contributed by atoms with Crippen molar-refractivity contribution in [3.63, 3.8) is 0 Å². The van der Waals surface area contributed by atoms with Crippen molar-refractivity contribution in [3.05, 3.63) is 53.6 Å². The van der Waals surface area contributed by atoms with Gasteiger partial charge in [0.2, 0.25) is 0 Å². The molecule has 4 saturated carbocycles. The lowest BCUT2D eigenvalue weighted by atomic mass is 9.33. The molecule has 1 aromatic rings. The molecule has 5 aliphatic carbocycles. The van der Waals surface area contributed by atoms with Crippen LogP contribution in [-0.2, 0) is 4.74 Å². The third-order valence-electron chi connectivity index (χ3n) is 15.6. The zero-order valence-electron chi connectivity index (χ0n) is 32.6. The van der Waals surface area contributed by atoms with Crippen LogP contribution >= 0.6 is 0 Å². The van der Waals surface area contributed by atoms with Gasteiger partial charge in [-0.1, -0.05) is 65.0 Å². The maximum atomic E-state index is 12.2. The van der Waals surface area contributed by atoms with E-state index in [9.17, 15) is 14.7 Å². The minimum atomic E-state index is -0.868. The monoisotopic (exact) mass is 687 g/mol. The van der Waals surface area contributed by atoms with E-state index in [4.69, 9.17) is 4.74 Å². The Morgan fingerprint density at radius 3 is 2.24 bits per heavy atom. The maximum absolute atomic E-state index is 12.2. The number of aromatic carboxylic acids is 1. The van der Waals surface area contributed by atoms with Gasteiger partial charge < -0.3 is 20.5 Å². The third-order valence-corrected chi connectivity index (χ3v) is 15.6. The molecule has 0 saturated heterocycles. The van der Waals surface area contributed by atoms with E-state index in [1.165, 1.54) is 68.1 Å². The number of carboxylic acid groups (broad SMARTS) is 1. The lowest BCUT2D eigenvalue weighted by molar-refractivity contribution is -0.219. The van der Waals surface area contributed by atoms with Crippen LogP contribution < -0.4 is 10.6 Å². The fraction of sp³-hybridized carbons (Fsp3) is 0.727. The van der Waals surface area contributed by atoms with E-state index >= 15 is 0 Å². The number of nitrogens with one attached hydrogen (secondary N) is 2. The van der Waals surface area contributed by atoms with E-state index in [-0.39, 0.29) is 33.3 Å². The van der Waals surface area contributed by atoms with E-state index < -0.39 is 11.6 Å². The number of carbonyl (C=O) groups excluding carboxylic acids is 1. The highest BCUT2D eigenvalue weighted by molar-refractivity contribution is 5.88. The predicted octanol–water partition coefficient (Wildman–Crippen LogP) is 10.3. The molecule has 0 aromatic heterocycles. The molecule has 0 heterocycles. The van der Waals surface area contributed by atoms with Crippen LogP contribution in [0, 0.1) is 51.2 Å². The summed E-state index contributed by atoms with van der Waals surface area (Å²) in [6.07, 6.45) is 14.2. The molecule has 4 fully saturated rings. The van der Waals surface area contributed by atoms with E-state index in [0.717, 1.165) is 19.4 Å². The molecular weight excluding hydrogens is 620 g/mol. The largest absolute Gasteiger partial charge is 0.478 e. The minimum Gasteiger partial charge on any atom is -0.478 e. The summed E-state index contributed by atoms with van der Waals surface area (Å²) in [7, 11) is 0. The van der Waals surface area contributed by atoms with Crippen molar-refractivity contribution in [2.75, 3.05) is 13.1 Å². The van der Waals surface area contributed by atoms with Crippen LogP contribution in [0.25, 0.3) is 5.57 Å². The van der Waals surface area contributed by atoms with Crippen LogP contribution in [0.4, 0.5) is 4.79 Å². The maximum Gasteiger partial charge on any atom is 0.407 e. The van der Waals surface area contributed by atoms with Crippen molar-refractivity contribution in [2.45, 2.75) is 138 Å². The summed E-state index contributed by atoms with van der Waals surface area (Å²) in [5.41, 5.74) is 4.73. The van der Waals surface area contributed by atoms with Gasteiger partial charge in [0.05, 0.1) is 5.56 Å². The van der Waals surface area contributed by atoms with Gasteiger partial charge in [0.1, 0.15) is 5.60 Å². The van der Waals surface area contributed by atoms with Crippen LogP contribution in [0.15, 0.2) is 42.5 Å². The number of hydrogen-bond acceptors (Lipinski definition) is 4. The first-order valence-electron chi connectivity index (χ1n) is 19.7. The normalized spacial score (nSPS) is 38.8. The molecule has 0 radical (unpaired) electrons. The Kier molecular flexibility index (Phi) is 9.52. The number of allylic oxidation sites excluding steroid dienone is 3. The van der Waals surface area contributed by atoms with Gasteiger partial charge in [0, 0.05) is 12.1 Å². The predicted molar refractivity (Wildman–Crippen MR) is 203 cm³/mol. The number of amides is 1. The second-order valence-electron chi connectivity index (χ2n) is 19.5. The summed E-state index contributed by atoms with van der Waals surface area (Å²) >= 11 is 0. The average Bonchev–Trinajstić information content (AvgIpc) is 3.40. The molecule has 0 spiro atoms. The molecular formula is C44H66N2O4. The lowest BCUT2D eigenvalue weighted by Crippen LogP contribution is -2.68. The summed E-state index contributed by atoms with van der Waals surface area (Å²) in [6, 6.07) is 7.59. The second kappa shape index (κ2) is 12.8. The van der Waals surface area contributed by atoms with Crippen LogP contribution in [0.1, 0.15) is 142 Å². The van der Waals surface area contributed by atoms with Gasteiger partial charge in [-0.25, -0.2) is 9.59 Å². The van der Waals surface area contributed by atoms with Crippen molar-refractivity contribution in [2.24, 2.45) is 51.2 Å². The molecule has 3 N–H and O–H groups in total. The fourth-order valence-electron chi connectivity index (χ4n) is 13.3. The SMILES string of the molecule is C=C(C)C1CCC2(NCCCNC(=O)OC(C)(C)C)CCC3(C)C(CCC4C5(C)CC=C(c6ccc(C(=O)O)cc6)C(C)(C)C5CCC43C)C12. The molecule has 5 aliphatic rings. The molecule has 276 valence electrons. The van der Waals surface area contributed by atoms with Crippen LogP contribution in [0.5, 0.6) is 0 Å². The van der Waals surface area contributed by atoms with E-state index in [1.54, 1.807) is 12.1 Å². The molecule has 50 heavy (non-hydrogen) atoms. The molecule has 1 aromatic carbocycles. The summed E-state index contributed by atoms with van der Waals surface area (Å²) in [4.78, 5) is 23.8. The molecule has 6 rings (SSSR count). The summed E-state index contributed by atoms with van der Waals surface area (Å²) in [5.74, 6) is 2.22. The standard InChI is InChI=1S/C44H66N2O4/c1-28(2)31-18-23-44(46-27-11-26-45-38(49)50-39(3,4)5)25-24-42(9)33(36(31)44)16-17-35-41(8)21-19-32(29-12-14-30(15-13-29)37(47)48)40(6,7)34(41)20-22-43(35,42)10/h12-15,19,31,33-36,46H,1,11,16-18,20-27H2,2-10H3,(H,45,49)(H,47,48). The third kappa shape index (κ3) is 5.97. The van der Waals surface area contributed by atoms with Crippen molar-refractivity contribution < 1.29 is 19.4 Å². The number of carbonyl (C=O) groups is 2. The highest BCUT2D eigenvalue weighted by Crippen LogP contribution is 2.76. The van der Waals surface area contributed by atoms with Crippen molar-refractivity contribution in [3.8, 4) is 0 Å². The first-order valence-corrected chi connectivity index (χ1v) is 19.7. The fourth-order valence-corrected chi connectivity index (χ4v) is 13.3. The molecule has 6 nitrogen and oxygen atoms in total. The smallest absolute Gasteiger partial charge is 0.407 e. The summed E-state index contributed by atoms with van der Waals surface area (Å²) in [6.45, 7) is 27.0. The Morgan fingerprint density at radius 1 is 0.900 bits per heavy atom. The van der Waals surface area contributed by atoms with Gasteiger partial charge in [-0.15, -0.1) is 0 Å². The molecule has 9 unspecified atom stereocenters. The van der Waals surface area contributed by atoms with Crippen LogP contribution in [-0.4, -0.2) is 41.4 Å². The van der Waals surface area contributed by atoms with Crippen molar-refractivity contribution >= 4 is 17.6 Å². The highest BCUT2D eigenvalue weighted by atomic mass is 16.6. The lowest BCUT2D eigenvalue weighted by Gasteiger charge is -2.72. The molecule has 9 atom stereocenters. The number of alkyl carbamates (subject to hydrolysis) is 1. The first kappa shape index (κ1) is 37.2. The number of fused-ring (bicyclic) bond motifs is 7. The number of ether oxygens (including phenoxy) is 1. The Balaban J connectivity index is 1.23. The first-order chi connectivity index (χ1) is 23.3. The van der Waals surface area contributed by atoms with Crippen molar-refractivity contribution in [1.29, 1.82) is 0 Å². The Bertz CT molecular complexity index is 1520. The number of carboxylic acids is 1. The molecule has 0 aliphatic heterocycles. The van der Waals surface area contributed by atoms with E-state index in [1.807, 2.05) is 32.9 Å². The minimum absolute atomic E-state index is 0.0112. The number of rotatable bonds is 8. The van der Waals surface area contributed by atoms with Gasteiger partial charge >= 0.3 is 12.1 Å². The molecule has 6 heteroatoms. The van der Waals surface area contributed by atoms with Gasteiger partial charge in [-0.2, -0.15) is 0 Å². The second-order valence-corrected chi connectivity index (χ2v) is 19.5. The van der Waals surface area contributed by atoms with Gasteiger partial charge in [0.15, 0.2) is 0 Å². The zero-order valence-corrected chi connectivity index (χ0v) is 32.6. The summed E-state index contributed by atoms with van der Waals surface area (Å²) in [5, 5.41) is 16.6. The van der Waals surface area contributed by atoms with E-state index in [0.29, 0.717) is 41.7 Å². The Hall–Kier alpha value is -2.60. The molecule has 0 bridgehead atoms. The number of hydrogen-bond donors (Lipinski definition) is 3. The van der Waals surface area contributed by atoms with E-state index in [2.05, 4.69) is 64.8 Å². The van der Waals surface area contributed by atoms with Crippen LogP contribution in [0.3, 0.4) is 0 Å². The quantitative estimate of drug-likeness (QED) is 0.187. The Labute approximate surface area is 302 Å². The van der Waals surface area contributed by atoms with Gasteiger partial charge in [-0.05, 0) is 173 Å². The van der Waals surface area contributed by atoms with Gasteiger partial charge in [-0.3, -0.25) is 0 Å². The number of benzene rings is 1. The molecule has 1 amide bonds.